The molecule has 4 rings (SSSR count). The molecule has 1 heterocycles. The van der Waals surface area contributed by atoms with E-state index in [4.69, 9.17) is 16.3 Å². The number of aliphatic hydroxyl groups excluding tert-OH is 1. The molecule has 1 amide bonds. The van der Waals surface area contributed by atoms with Crippen molar-refractivity contribution in [1.82, 2.24) is 20.6 Å². The Kier molecular flexibility index (Phi) is 5.99. The van der Waals surface area contributed by atoms with Gasteiger partial charge in [-0.1, -0.05) is 11.6 Å². The van der Waals surface area contributed by atoms with Crippen molar-refractivity contribution in [2.45, 2.75) is 43.2 Å². The van der Waals surface area contributed by atoms with Crippen molar-refractivity contribution in [2.24, 2.45) is 5.92 Å². The van der Waals surface area contributed by atoms with Crippen LogP contribution in [-0.4, -0.2) is 39.2 Å². The van der Waals surface area contributed by atoms with Gasteiger partial charge in [-0.05, 0) is 37.3 Å². The second-order valence-electron chi connectivity index (χ2n) is 7.93. The number of fused-ring (bicyclic) bond motifs is 1. The number of hydrogen-bond donors (Lipinski definition) is 3. The van der Waals surface area contributed by atoms with E-state index in [1.165, 1.54) is 12.1 Å². The van der Waals surface area contributed by atoms with Gasteiger partial charge in [0, 0.05) is 35.6 Å². The maximum Gasteiger partial charge on any atom is 0.451 e. The first-order valence-corrected chi connectivity index (χ1v) is 10.2. The van der Waals surface area contributed by atoms with E-state index in [1.54, 1.807) is 0 Å². The predicted octanol–water partition coefficient (Wildman–Crippen LogP) is 2.98. The number of carbonyl (C=O) groups is 1. The molecule has 32 heavy (non-hydrogen) atoms. The predicted molar refractivity (Wildman–Crippen MR) is 104 cm³/mol. The molecule has 0 bridgehead atoms. The highest BCUT2D eigenvalue weighted by molar-refractivity contribution is 6.30. The molecule has 1 aromatic heterocycles. The molecule has 0 spiro atoms. The Morgan fingerprint density at radius 1 is 1.34 bits per heavy atom. The number of nitrogens with zero attached hydrogens (tertiary/aromatic N) is 2. The molecule has 2 aromatic rings. The molecule has 7 nitrogen and oxygen atoms in total. The number of amides is 1. The van der Waals surface area contributed by atoms with E-state index in [-0.39, 0.29) is 40.8 Å². The lowest BCUT2D eigenvalue weighted by Crippen LogP contribution is -2.75. The van der Waals surface area contributed by atoms with Crippen molar-refractivity contribution in [3.63, 3.8) is 0 Å². The van der Waals surface area contributed by atoms with Crippen molar-refractivity contribution in [3.05, 3.63) is 52.8 Å². The third-order valence-electron chi connectivity index (χ3n) is 5.94. The molecule has 172 valence electrons. The van der Waals surface area contributed by atoms with Crippen molar-refractivity contribution >= 4 is 17.5 Å². The van der Waals surface area contributed by atoms with Crippen molar-refractivity contribution in [3.8, 4) is 5.75 Å². The first-order valence-electron chi connectivity index (χ1n) is 9.79. The number of ether oxygens (including phenoxy) is 1. The molecule has 4 atom stereocenters. The van der Waals surface area contributed by atoms with Gasteiger partial charge in [0.15, 0.2) is 6.61 Å². The topological polar surface area (TPSA) is 96.4 Å². The molecule has 2 saturated carbocycles. The van der Waals surface area contributed by atoms with Crippen LogP contribution >= 0.6 is 11.6 Å². The Balaban J connectivity index is 1.26. The Morgan fingerprint density at radius 3 is 2.62 bits per heavy atom. The van der Waals surface area contributed by atoms with Crippen LogP contribution < -0.4 is 15.4 Å². The van der Waals surface area contributed by atoms with E-state index in [0.717, 1.165) is 31.3 Å². The highest BCUT2D eigenvalue weighted by Gasteiger charge is 2.60. The number of nitrogens with one attached hydrogen (secondary N) is 2. The normalized spacial score (nSPS) is 25.2. The summed E-state index contributed by atoms with van der Waals surface area (Å²) in [6, 6.07) is 3.75. The quantitative estimate of drug-likeness (QED) is 0.422. The molecule has 0 saturated heterocycles. The SMILES string of the molecule is O=C(COc1ccc(Cl)c(F)c1)NC12CCC1C(NC(O)c1cnc(C(F)(F)F)nc1)C2. The molecule has 2 fully saturated rings. The molecule has 12 heteroatoms. The van der Waals surface area contributed by atoms with Gasteiger partial charge in [-0.25, -0.2) is 14.4 Å². The lowest BCUT2D eigenvalue weighted by Gasteiger charge is -2.63. The summed E-state index contributed by atoms with van der Waals surface area (Å²) in [6.07, 6.45) is -1.91. The Bertz CT molecular complexity index is 1010. The molecule has 2 aliphatic rings. The van der Waals surface area contributed by atoms with Gasteiger partial charge in [0.25, 0.3) is 5.91 Å². The third kappa shape index (κ3) is 4.50. The van der Waals surface area contributed by atoms with Gasteiger partial charge in [0.1, 0.15) is 17.8 Å². The largest absolute Gasteiger partial charge is 0.484 e. The summed E-state index contributed by atoms with van der Waals surface area (Å²) in [5.74, 6) is -2.04. The number of halogens is 5. The van der Waals surface area contributed by atoms with E-state index in [1.807, 2.05) is 0 Å². The fourth-order valence-corrected chi connectivity index (χ4v) is 4.33. The van der Waals surface area contributed by atoms with Crippen molar-refractivity contribution in [1.29, 1.82) is 0 Å². The van der Waals surface area contributed by atoms with Crippen LogP contribution in [0.15, 0.2) is 30.6 Å². The minimum absolute atomic E-state index is 0.0453. The minimum Gasteiger partial charge on any atom is -0.484 e. The lowest BCUT2D eigenvalue weighted by molar-refractivity contribution is -0.145. The highest BCUT2D eigenvalue weighted by Crippen LogP contribution is 2.54. The van der Waals surface area contributed by atoms with Crippen LogP contribution in [-0.2, 0) is 11.0 Å². The van der Waals surface area contributed by atoms with Crippen LogP contribution in [0.25, 0.3) is 0 Å². The summed E-state index contributed by atoms with van der Waals surface area (Å²) in [6.45, 7) is -0.293. The Labute approximate surface area is 185 Å². The molecule has 4 unspecified atom stereocenters. The standard InChI is InChI=1S/C20H19ClF4N4O3/c21-13-2-1-11(5-14(13)22)32-9-16(30)29-19-4-3-12(19)15(6-19)28-17(31)10-7-26-18(27-8-10)20(23,24)25/h1-2,5,7-8,12,15,17,28,31H,3-4,6,9H2,(H,29,30). The highest BCUT2D eigenvalue weighted by atomic mass is 35.5. The van der Waals surface area contributed by atoms with Crippen LogP contribution in [0.3, 0.4) is 0 Å². The summed E-state index contributed by atoms with van der Waals surface area (Å²) in [4.78, 5) is 18.8. The van der Waals surface area contributed by atoms with E-state index in [0.29, 0.717) is 6.42 Å². The molecular weight excluding hydrogens is 456 g/mol. The number of aromatic nitrogens is 2. The average molecular weight is 475 g/mol. The number of rotatable bonds is 7. The van der Waals surface area contributed by atoms with E-state index < -0.39 is 29.6 Å². The van der Waals surface area contributed by atoms with Gasteiger partial charge in [-0.15, -0.1) is 0 Å². The van der Waals surface area contributed by atoms with E-state index in [2.05, 4.69) is 20.6 Å². The zero-order valence-corrected chi connectivity index (χ0v) is 17.3. The maximum absolute atomic E-state index is 13.4. The second-order valence-corrected chi connectivity index (χ2v) is 8.34. The first kappa shape index (κ1) is 22.7. The monoisotopic (exact) mass is 474 g/mol. The lowest BCUT2D eigenvalue weighted by atomic mass is 9.50. The molecule has 0 aliphatic heterocycles. The van der Waals surface area contributed by atoms with E-state index in [9.17, 15) is 27.5 Å². The van der Waals surface area contributed by atoms with Crippen LogP contribution in [0.4, 0.5) is 17.6 Å². The summed E-state index contributed by atoms with van der Waals surface area (Å²) in [5, 5.41) is 16.1. The summed E-state index contributed by atoms with van der Waals surface area (Å²) < 4.78 is 56.4. The van der Waals surface area contributed by atoms with Crippen molar-refractivity contribution < 1.29 is 32.2 Å². The summed E-state index contributed by atoms with van der Waals surface area (Å²) in [5.41, 5.74) is -0.304. The van der Waals surface area contributed by atoms with Crippen LogP contribution in [0.2, 0.25) is 5.02 Å². The fourth-order valence-electron chi connectivity index (χ4n) is 4.21. The zero-order chi connectivity index (χ0) is 23.1. The smallest absolute Gasteiger partial charge is 0.451 e. The van der Waals surface area contributed by atoms with Crippen LogP contribution in [0, 0.1) is 11.7 Å². The summed E-state index contributed by atoms with van der Waals surface area (Å²) in [7, 11) is 0. The van der Waals surface area contributed by atoms with Gasteiger partial charge in [-0.2, -0.15) is 13.2 Å². The molecule has 3 N–H and O–H groups in total. The number of alkyl halides is 3. The minimum atomic E-state index is -4.65. The Morgan fingerprint density at radius 2 is 2.06 bits per heavy atom. The van der Waals surface area contributed by atoms with Gasteiger partial charge in [0.05, 0.1) is 5.02 Å². The molecule has 2 aliphatic carbocycles. The van der Waals surface area contributed by atoms with Gasteiger partial charge in [-0.3, -0.25) is 10.1 Å². The maximum atomic E-state index is 13.4. The van der Waals surface area contributed by atoms with Gasteiger partial charge < -0.3 is 15.2 Å². The second kappa shape index (κ2) is 8.45. The summed E-state index contributed by atoms with van der Waals surface area (Å²) >= 11 is 5.61. The molecule has 1 aromatic carbocycles. The fraction of sp³-hybridized carbons (Fsp3) is 0.450. The number of carbonyl (C=O) groups excluding carboxylic acids is 1. The van der Waals surface area contributed by atoms with Crippen molar-refractivity contribution in [2.75, 3.05) is 6.61 Å². The Hall–Kier alpha value is -2.50. The zero-order valence-electron chi connectivity index (χ0n) is 16.5. The van der Waals surface area contributed by atoms with E-state index >= 15 is 0 Å². The third-order valence-corrected chi connectivity index (χ3v) is 6.25. The van der Waals surface area contributed by atoms with Gasteiger partial charge >= 0.3 is 6.18 Å². The van der Waals surface area contributed by atoms with Gasteiger partial charge in [0.2, 0.25) is 5.82 Å². The number of benzene rings is 1. The number of hydrogen-bond acceptors (Lipinski definition) is 6. The molecular formula is C20H19ClF4N4O3. The van der Waals surface area contributed by atoms with Crippen LogP contribution in [0.5, 0.6) is 5.75 Å². The number of aliphatic hydroxyl groups is 1. The van der Waals surface area contributed by atoms with Crippen LogP contribution in [0.1, 0.15) is 36.9 Å². The first-order chi connectivity index (χ1) is 15.1. The average Bonchev–Trinajstić information content (AvgIpc) is 2.73. The molecule has 0 radical (unpaired) electrons.